The van der Waals surface area contributed by atoms with E-state index in [2.05, 4.69) is 34.5 Å². The number of carbonyl (C=O) groups excluding carboxylic acids is 2. The van der Waals surface area contributed by atoms with Gasteiger partial charge in [0.15, 0.2) is 0 Å². The molecule has 0 aromatic heterocycles. The summed E-state index contributed by atoms with van der Waals surface area (Å²) in [5.41, 5.74) is 2.10. The monoisotopic (exact) mass is 620 g/mol. The molecular formula is C28H36N4O10S. The minimum absolute atomic E-state index is 0.0750. The highest BCUT2D eigenvalue weighted by atomic mass is 32.2. The summed E-state index contributed by atoms with van der Waals surface area (Å²) < 4.78 is 0. The van der Waals surface area contributed by atoms with Crippen molar-refractivity contribution in [2.24, 2.45) is 0 Å². The van der Waals surface area contributed by atoms with Crippen LogP contribution in [0.5, 0.6) is 0 Å². The van der Waals surface area contributed by atoms with Crippen LogP contribution in [0.15, 0.2) is 59.5 Å². The Morgan fingerprint density at radius 3 is 1.79 bits per heavy atom. The number of rotatable bonds is 8. The number of piperazine rings is 1. The van der Waals surface area contributed by atoms with E-state index in [1.54, 1.807) is 11.8 Å². The van der Waals surface area contributed by atoms with Crippen LogP contribution in [0.3, 0.4) is 0 Å². The van der Waals surface area contributed by atoms with Gasteiger partial charge in [0.2, 0.25) is 11.8 Å². The zero-order chi connectivity index (χ0) is 32.5. The van der Waals surface area contributed by atoms with Gasteiger partial charge in [-0.2, -0.15) is 0 Å². The zero-order valence-electron chi connectivity index (χ0n) is 24.0. The van der Waals surface area contributed by atoms with Gasteiger partial charge < -0.3 is 30.6 Å². The van der Waals surface area contributed by atoms with Gasteiger partial charge in [-0.3, -0.25) is 19.4 Å². The quantitative estimate of drug-likeness (QED) is 0.209. The maximum Gasteiger partial charge on any atom is 0.414 e. The Balaban J connectivity index is 0.000000649. The van der Waals surface area contributed by atoms with Crippen LogP contribution in [0.25, 0.3) is 0 Å². The summed E-state index contributed by atoms with van der Waals surface area (Å²) in [5, 5.41) is 32.6. The SMILES string of the molecule is CSc1ccccc1NC(=O)C(C)N(C)CC(=O)N1CCN(Cc2ccccc2)CC1.O=C(O)C(=O)O.O=C(O)C(=O)O. The molecule has 5 N–H and O–H groups in total. The number of carboxylic acids is 4. The van der Waals surface area contributed by atoms with Gasteiger partial charge in [0.1, 0.15) is 0 Å². The Morgan fingerprint density at radius 2 is 1.30 bits per heavy atom. The van der Waals surface area contributed by atoms with E-state index in [1.807, 2.05) is 60.4 Å². The Bertz CT molecular complexity index is 1210. The highest BCUT2D eigenvalue weighted by molar-refractivity contribution is 7.98. The van der Waals surface area contributed by atoms with Crippen LogP contribution in [0.4, 0.5) is 5.69 Å². The molecule has 43 heavy (non-hydrogen) atoms. The molecule has 14 nitrogen and oxygen atoms in total. The number of aliphatic carboxylic acids is 4. The van der Waals surface area contributed by atoms with Gasteiger partial charge in [-0.1, -0.05) is 42.5 Å². The highest BCUT2D eigenvalue weighted by Crippen LogP contribution is 2.24. The van der Waals surface area contributed by atoms with E-state index in [4.69, 9.17) is 39.6 Å². The lowest BCUT2D eigenvalue weighted by Gasteiger charge is -2.36. The Hall–Kier alpha value is -4.47. The number of thioether (sulfide) groups is 1. The number of hydrogen-bond acceptors (Lipinski definition) is 9. The molecule has 2 aromatic carbocycles. The third kappa shape index (κ3) is 13.8. The number of carboxylic acid groups (broad SMARTS) is 4. The predicted molar refractivity (Wildman–Crippen MR) is 158 cm³/mol. The molecule has 0 aliphatic carbocycles. The summed E-state index contributed by atoms with van der Waals surface area (Å²) in [6, 6.07) is 17.8. The van der Waals surface area contributed by atoms with Gasteiger partial charge in [0.25, 0.3) is 0 Å². The number of amides is 2. The Labute approximate surface area is 252 Å². The molecule has 1 aliphatic heterocycles. The van der Waals surface area contributed by atoms with Crippen LogP contribution < -0.4 is 5.32 Å². The van der Waals surface area contributed by atoms with Crippen molar-refractivity contribution in [3.8, 4) is 0 Å². The smallest absolute Gasteiger partial charge is 0.414 e. The van der Waals surface area contributed by atoms with Crippen LogP contribution >= 0.6 is 11.8 Å². The topological polar surface area (TPSA) is 205 Å². The average molecular weight is 621 g/mol. The van der Waals surface area contributed by atoms with Crippen molar-refractivity contribution in [1.29, 1.82) is 0 Å². The fourth-order valence-corrected chi connectivity index (χ4v) is 4.19. The lowest BCUT2D eigenvalue weighted by atomic mass is 10.2. The van der Waals surface area contributed by atoms with Crippen molar-refractivity contribution in [2.75, 3.05) is 51.3 Å². The van der Waals surface area contributed by atoms with Crippen LogP contribution in [-0.2, 0) is 35.3 Å². The van der Waals surface area contributed by atoms with E-state index in [0.29, 0.717) is 0 Å². The summed E-state index contributed by atoms with van der Waals surface area (Å²) in [6.07, 6.45) is 1.98. The number of hydrogen-bond donors (Lipinski definition) is 5. The van der Waals surface area contributed by atoms with Crippen molar-refractivity contribution in [1.82, 2.24) is 14.7 Å². The molecule has 3 rings (SSSR count). The third-order valence-corrected chi connectivity index (χ3v) is 6.93. The lowest BCUT2D eigenvalue weighted by molar-refractivity contribution is -0.159. The number of nitrogens with one attached hydrogen (secondary N) is 1. The van der Waals surface area contributed by atoms with Crippen LogP contribution in [-0.4, -0.2) is 123 Å². The van der Waals surface area contributed by atoms with Crippen LogP contribution in [0.1, 0.15) is 12.5 Å². The van der Waals surface area contributed by atoms with Crippen molar-refractivity contribution in [3.63, 3.8) is 0 Å². The molecule has 1 heterocycles. The third-order valence-electron chi connectivity index (χ3n) is 6.13. The second kappa shape index (κ2) is 18.9. The van der Waals surface area contributed by atoms with Crippen molar-refractivity contribution in [3.05, 3.63) is 60.2 Å². The molecule has 0 bridgehead atoms. The first kappa shape index (κ1) is 36.6. The first-order chi connectivity index (χ1) is 20.3. The molecule has 1 aliphatic rings. The molecule has 1 atom stereocenters. The van der Waals surface area contributed by atoms with E-state index >= 15 is 0 Å². The highest BCUT2D eigenvalue weighted by Gasteiger charge is 2.25. The minimum Gasteiger partial charge on any atom is -0.473 e. The molecule has 0 saturated carbocycles. The maximum atomic E-state index is 12.8. The van der Waals surface area contributed by atoms with E-state index in [-0.39, 0.29) is 18.4 Å². The molecule has 0 spiro atoms. The second-order valence-corrected chi connectivity index (χ2v) is 9.99. The van der Waals surface area contributed by atoms with Gasteiger partial charge in [-0.15, -0.1) is 11.8 Å². The number of nitrogens with zero attached hydrogens (tertiary/aromatic N) is 3. The van der Waals surface area contributed by atoms with Crippen LogP contribution in [0.2, 0.25) is 0 Å². The van der Waals surface area contributed by atoms with E-state index in [9.17, 15) is 9.59 Å². The number of benzene rings is 2. The number of para-hydroxylation sites is 1. The number of likely N-dealkylation sites (N-methyl/N-ethyl adjacent to an activating group) is 1. The fraction of sp³-hybridized carbons (Fsp3) is 0.357. The molecule has 0 radical (unpaired) electrons. The molecular weight excluding hydrogens is 584 g/mol. The molecule has 1 fully saturated rings. The Kier molecular flexibility index (Phi) is 16.0. The molecule has 234 valence electrons. The molecule has 1 saturated heterocycles. The van der Waals surface area contributed by atoms with Crippen molar-refractivity contribution < 1.29 is 49.2 Å². The first-order valence-corrected chi connectivity index (χ1v) is 14.1. The van der Waals surface area contributed by atoms with Crippen molar-refractivity contribution >= 4 is 53.1 Å². The fourth-order valence-electron chi connectivity index (χ4n) is 3.63. The number of carbonyl (C=O) groups is 6. The largest absolute Gasteiger partial charge is 0.473 e. The summed E-state index contributed by atoms with van der Waals surface area (Å²) >= 11 is 1.59. The molecule has 2 amide bonds. The van der Waals surface area contributed by atoms with Crippen LogP contribution in [0, 0.1) is 0 Å². The summed E-state index contributed by atoms with van der Waals surface area (Å²) in [7, 11) is 1.83. The first-order valence-electron chi connectivity index (χ1n) is 12.9. The molecule has 15 heteroatoms. The second-order valence-electron chi connectivity index (χ2n) is 9.14. The molecule has 2 aromatic rings. The lowest BCUT2D eigenvalue weighted by Crippen LogP contribution is -2.52. The molecule has 1 unspecified atom stereocenters. The number of anilines is 1. The van der Waals surface area contributed by atoms with Gasteiger partial charge in [0, 0.05) is 37.6 Å². The van der Waals surface area contributed by atoms with Gasteiger partial charge in [0.05, 0.1) is 18.3 Å². The van der Waals surface area contributed by atoms with Gasteiger partial charge in [-0.25, -0.2) is 19.2 Å². The summed E-state index contributed by atoms with van der Waals surface area (Å²) in [4.78, 5) is 69.0. The maximum absolute atomic E-state index is 12.8. The average Bonchev–Trinajstić information content (AvgIpc) is 2.98. The van der Waals surface area contributed by atoms with Crippen molar-refractivity contribution in [2.45, 2.75) is 24.4 Å². The zero-order valence-corrected chi connectivity index (χ0v) is 24.8. The predicted octanol–water partition coefficient (Wildman–Crippen LogP) is 1.32. The Morgan fingerprint density at radius 1 is 0.814 bits per heavy atom. The van der Waals surface area contributed by atoms with E-state index in [0.717, 1.165) is 43.3 Å². The van der Waals surface area contributed by atoms with E-state index in [1.165, 1.54) is 5.56 Å². The van der Waals surface area contributed by atoms with E-state index < -0.39 is 29.9 Å². The minimum atomic E-state index is -1.82. The van der Waals surface area contributed by atoms with Gasteiger partial charge >= 0.3 is 23.9 Å². The standard InChI is InChI=1S/C24H32N4O2S.2C2H2O4/c1-19(24(30)25-21-11-7-8-12-22(21)31-3)26(2)18-23(29)28-15-13-27(14-16-28)17-20-9-5-4-6-10-20;2*3-1(4)2(5)6/h4-12,19H,13-18H2,1-3H3,(H,25,30);2*(H,3,4)(H,5,6). The normalized spacial score (nSPS) is 13.3. The summed E-state index contributed by atoms with van der Waals surface area (Å²) in [5.74, 6) is -7.33. The van der Waals surface area contributed by atoms with Gasteiger partial charge in [-0.05, 0) is 37.9 Å². The summed E-state index contributed by atoms with van der Waals surface area (Å²) in [6.45, 7) is 6.16.